The minimum absolute atomic E-state index is 0.585. The van der Waals surface area contributed by atoms with Crippen LogP contribution in [0, 0.1) is 6.92 Å². The van der Waals surface area contributed by atoms with Crippen LogP contribution in [0.5, 0.6) is 5.75 Å². The van der Waals surface area contributed by atoms with Crippen LogP contribution in [0.3, 0.4) is 0 Å². The normalized spacial score (nSPS) is 11.1. The molecule has 2 heterocycles. The van der Waals surface area contributed by atoms with Crippen molar-refractivity contribution in [3.63, 3.8) is 0 Å². The van der Waals surface area contributed by atoms with E-state index in [4.69, 9.17) is 9.15 Å². The molecule has 3 rings (SSSR count). The summed E-state index contributed by atoms with van der Waals surface area (Å²) in [5.41, 5.74) is 1.13. The van der Waals surface area contributed by atoms with E-state index in [2.05, 4.69) is 26.1 Å². The number of imidazole rings is 1. The molecule has 126 valence electrons. The first-order chi connectivity index (χ1) is 11.7. The number of hydrogen-bond acceptors (Lipinski definition) is 6. The van der Waals surface area contributed by atoms with Crippen LogP contribution in [0.4, 0.5) is 0 Å². The summed E-state index contributed by atoms with van der Waals surface area (Å²) < 4.78 is 13.4. The fraction of sp³-hybridized carbons (Fsp3) is 0.353. The zero-order valence-electron chi connectivity index (χ0n) is 13.9. The van der Waals surface area contributed by atoms with Crippen molar-refractivity contribution < 1.29 is 9.15 Å². The molecule has 0 fully saturated rings. The predicted octanol–water partition coefficient (Wildman–Crippen LogP) is 2.29. The number of aromatic nitrogens is 4. The molecule has 0 aliphatic heterocycles. The van der Waals surface area contributed by atoms with Gasteiger partial charge in [0.15, 0.2) is 0 Å². The Morgan fingerprint density at radius 2 is 2.08 bits per heavy atom. The molecule has 0 radical (unpaired) electrons. The zero-order valence-corrected chi connectivity index (χ0v) is 13.9. The highest BCUT2D eigenvalue weighted by Gasteiger charge is 2.10. The molecular formula is C17H21N5O2. The standard InChI is InChI=1S/C17H21N5O2/c1-14-19-20-17(24-14)12-21(2)11-15-5-3-4-6-16(15)23-10-9-22-8-7-18-13-22/h3-8,13H,9-12H2,1-2H3. The Bertz CT molecular complexity index is 754. The molecule has 7 heteroatoms. The molecule has 3 aromatic rings. The van der Waals surface area contributed by atoms with Crippen molar-refractivity contribution in [3.8, 4) is 5.75 Å². The van der Waals surface area contributed by atoms with E-state index in [1.54, 1.807) is 19.4 Å². The molecule has 24 heavy (non-hydrogen) atoms. The summed E-state index contributed by atoms with van der Waals surface area (Å²) in [5, 5.41) is 7.88. The first-order valence-corrected chi connectivity index (χ1v) is 7.84. The van der Waals surface area contributed by atoms with Crippen molar-refractivity contribution in [1.29, 1.82) is 0 Å². The van der Waals surface area contributed by atoms with E-state index in [0.29, 0.717) is 24.9 Å². The zero-order chi connectivity index (χ0) is 16.8. The summed E-state index contributed by atoms with van der Waals surface area (Å²) in [6.45, 7) is 4.50. The Labute approximate surface area is 140 Å². The lowest BCUT2D eigenvalue weighted by molar-refractivity contribution is 0.262. The van der Waals surface area contributed by atoms with Gasteiger partial charge in [0, 0.05) is 31.4 Å². The fourth-order valence-electron chi connectivity index (χ4n) is 2.43. The molecule has 0 unspecified atom stereocenters. The lowest BCUT2D eigenvalue weighted by atomic mass is 10.2. The predicted molar refractivity (Wildman–Crippen MR) is 88.4 cm³/mol. The lowest BCUT2D eigenvalue weighted by Crippen LogP contribution is -2.18. The summed E-state index contributed by atoms with van der Waals surface area (Å²) in [5.74, 6) is 2.10. The summed E-state index contributed by atoms with van der Waals surface area (Å²) in [4.78, 5) is 6.14. The van der Waals surface area contributed by atoms with E-state index >= 15 is 0 Å². The monoisotopic (exact) mass is 327 g/mol. The van der Waals surface area contributed by atoms with Crippen molar-refractivity contribution in [2.45, 2.75) is 26.6 Å². The smallest absolute Gasteiger partial charge is 0.230 e. The van der Waals surface area contributed by atoms with Gasteiger partial charge >= 0.3 is 0 Å². The fourth-order valence-corrected chi connectivity index (χ4v) is 2.43. The molecular weight excluding hydrogens is 306 g/mol. The van der Waals surface area contributed by atoms with Gasteiger partial charge in [0.2, 0.25) is 11.8 Å². The molecule has 7 nitrogen and oxygen atoms in total. The van der Waals surface area contributed by atoms with E-state index in [1.807, 2.05) is 36.0 Å². The molecule has 0 saturated heterocycles. The van der Waals surface area contributed by atoms with Crippen LogP contribution in [0.2, 0.25) is 0 Å². The van der Waals surface area contributed by atoms with Gasteiger partial charge in [-0.25, -0.2) is 4.98 Å². The maximum Gasteiger partial charge on any atom is 0.230 e. The van der Waals surface area contributed by atoms with Crippen LogP contribution in [0.1, 0.15) is 17.3 Å². The third-order valence-electron chi connectivity index (χ3n) is 3.55. The Hall–Kier alpha value is -2.67. The highest BCUT2D eigenvalue weighted by Crippen LogP contribution is 2.20. The van der Waals surface area contributed by atoms with Crippen LogP contribution >= 0.6 is 0 Å². The minimum Gasteiger partial charge on any atom is -0.491 e. The maximum atomic E-state index is 5.94. The molecule has 0 saturated carbocycles. The van der Waals surface area contributed by atoms with Gasteiger partial charge in [-0.3, -0.25) is 4.90 Å². The SMILES string of the molecule is Cc1nnc(CN(C)Cc2ccccc2OCCn2ccnc2)o1. The summed E-state index contributed by atoms with van der Waals surface area (Å²) in [7, 11) is 2.02. The molecule has 0 N–H and O–H groups in total. The van der Waals surface area contributed by atoms with Gasteiger partial charge < -0.3 is 13.7 Å². The van der Waals surface area contributed by atoms with Crippen molar-refractivity contribution in [2.24, 2.45) is 0 Å². The Morgan fingerprint density at radius 1 is 1.21 bits per heavy atom. The van der Waals surface area contributed by atoms with Gasteiger partial charge in [-0.05, 0) is 13.1 Å². The van der Waals surface area contributed by atoms with E-state index in [0.717, 1.165) is 24.4 Å². The third kappa shape index (κ3) is 4.42. The quantitative estimate of drug-likeness (QED) is 0.632. The van der Waals surface area contributed by atoms with Gasteiger partial charge in [-0.1, -0.05) is 18.2 Å². The van der Waals surface area contributed by atoms with E-state index in [9.17, 15) is 0 Å². The molecule has 0 atom stereocenters. The van der Waals surface area contributed by atoms with Gasteiger partial charge in [0.25, 0.3) is 0 Å². The lowest BCUT2D eigenvalue weighted by Gasteiger charge is -2.17. The van der Waals surface area contributed by atoms with Gasteiger partial charge in [-0.15, -0.1) is 10.2 Å². The van der Waals surface area contributed by atoms with Crippen molar-refractivity contribution in [2.75, 3.05) is 13.7 Å². The number of para-hydroxylation sites is 1. The molecule has 0 bridgehead atoms. The van der Waals surface area contributed by atoms with E-state index in [-0.39, 0.29) is 0 Å². The number of hydrogen-bond donors (Lipinski definition) is 0. The third-order valence-corrected chi connectivity index (χ3v) is 3.55. The van der Waals surface area contributed by atoms with Gasteiger partial charge in [0.05, 0.1) is 19.4 Å². The second kappa shape index (κ2) is 7.74. The van der Waals surface area contributed by atoms with Crippen LogP contribution in [-0.2, 0) is 19.6 Å². The van der Waals surface area contributed by atoms with Crippen LogP contribution in [0.25, 0.3) is 0 Å². The van der Waals surface area contributed by atoms with E-state index < -0.39 is 0 Å². The first kappa shape index (κ1) is 16.2. The van der Waals surface area contributed by atoms with Gasteiger partial charge in [-0.2, -0.15) is 0 Å². The highest BCUT2D eigenvalue weighted by molar-refractivity contribution is 5.33. The second-order valence-electron chi connectivity index (χ2n) is 5.64. The maximum absolute atomic E-state index is 5.94. The Morgan fingerprint density at radius 3 is 2.83 bits per heavy atom. The van der Waals surface area contributed by atoms with Crippen LogP contribution in [0.15, 0.2) is 47.4 Å². The number of aryl methyl sites for hydroxylation is 1. The molecule has 1 aromatic carbocycles. The molecule has 0 aliphatic carbocycles. The summed E-state index contributed by atoms with van der Waals surface area (Å²) in [6.07, 6.45) is 5.48. The number of ether oxygens (including phenoxy) is 1. The first-order valence-electron chi connectivity index (χ1n) is 7.84. The minimum atomic E-state index is 0.585. The number of nitrogens with zero attached hydrogens (tertiary/aromatic N) is 5. The van der Waals surface area contributed by atoms with Crippen LogP contribution < -0.4 is 4.74 Å². The largest absolute Gasteiger partial charge is 0.491 e. The molecule has 0 spiro atoms. The topological polar surface area (TPSA) is 69.2 Å². The number of benzene rings is 1. The summed E-state index contributed by atoms with van der Waals surface area (Å²) in [6, 6.07) is 8.07. The number of rotatable bonds is 8. The average Bonchev–Trinajstić information content (AvgIpc) is 3.21. The Balaban J connectivity index is 1.56. The second-order valence-corrected chi connectivity index (χ2v) is 5.64. The van der Waals surface area contributed by atoms with Gasteiger partial charge in [0.1, 0.15) is 12.4 Å². The summed E-state index contributed by atoms with van der Waals surface area (Å²) >= 11 is 0. The van der Waals surface area contributed by atoms with Crippen molar-refractivity contribution >= 4 is 0 Å². The average molecular weight is 327 g/mol. The Kier molecular flexibility index (Phi) is 5.22. The van der Waals surface area contributed by atoms with E-state index in [1.165, 1.54) is 0 Å². The molecule has 0 amide bonds. The highest BCUT2D eigenvalue weighted by atomic mass is 16.5. The molecule has 2 aromatic heterocycles. The van der Waals surface area contributed by atoms with Crippen molar-refractivity contribution in [3.05, 3.63) is 60.3 Å². The van der Waals surface area contributed by atoms with Crippen molar-refractivity contribution in [1.82, 2.24) is 24.6 Å². The van der Waals surface area contributed by atoms with Crippen LogP contribution in [-0.4, -0.2) is 38.3 Å². The molecule has 0 aliphatic rings.